The number of fused-ring (bicyclic) bond motifs is 1. The van der Waals surface area contributed by atoms with E-state index >= 15 is 0 Å². The maximum atomic E-state index is 12.6. The molecule has 2 saturated heterocycles. The lowest BCUT2D eigenvalue weighted by atomic mass is 9.73. The third kappa shape index (κ3) is 2.19. The van der Waals surface area contributed by atoms with Crippen LogP contribution in [-0.4, -0.2) is 70.2 Å². The number of halogens is 1. The molecule has 8 heteroatoms. The molecule has 120 valence electrons. The van der Waals surface area contributed by atoms with Crippen LogP contribution in [0.2, 0.25) is 5.02 Å². The molecule has 1 amide bonds. The summed E-state index contributed by atoms with van der Waals surface area (Å²) < 4.78 is 0. The molecule has 0 aliphatic carbocycles. The smallest absolute Gasteiger partial charge is 0.313 e. The predicted molar refractivity (Wildman–Crippen MR) is 79.9 cm³/mol. The number of hydrogen-bond donors (Lipinski definition) is 2. The van der Waals surface area contributed by atoms with Crippen LogP contribution in [0.3, 0.4) is 0 Å². The number of piperidine rings is 1. The van der Waals surface area contributed by atoms with Crippen molar-refractivity contribution in [2.75, 3.05) is 33.2 Å². The van der Waals surface area contributed by atoms with Crippen LogP contribution < -0.4 is 0 Å². The van der Waals surface area contributed by atoms with Crippen LogP contribution in [0.4, 0.5) is 0 Å². The van der Waals surface area contributed by atoms with Crippen LogP contribution in [0.25, 0.3) is 0 Å². The first kappa shape index (κ1) is 15.3. The van der Waals surface area contributed by atoms with Gasteiger partial charge >= 0.3 is 5.97 Å². The van der Waals surface area contributed by atoms with Crippen molar-refractivity contribution < 1.29 is 14.7 Å². The lowest BCUT2D eigenvalue weighted by molar-refractivity contribution is -0.153. The highest BCUT2D eigenvalue weighted by atomic mass is 35.5. The van der Waals surface area contributed by atoms with Crippen molar-refractivity contribution >= 4 is 23.5 Å². The second kappa shape index (κ2) is 5.24. The van der Waals surface area contributed by atoms with Gasteiger partial charge in [-0.05, 0) is 32.9 Å². The molecule has 2 fully saturated rings. The second-order valence-corrected chi connectivity index (χ2v) is 6.76. The van der Waals surface area contributed by atoms with E-state index in [2.05, 4.69) is 10.2 Å². The van der Waals surface area contributed by atoms with Crippen LogP contribution in [-0.2, 0) is 4.79 Å². The number of hydrogen-bond acceptors (Lipinski definition) is 4. The Morgan fingerprint density at radius 1 is 1.45 bits per heavy atom. The number of nitrogens with one attached hydrogen (secondary N) is 1. The van der Waals surface area contributed by atoms with Gasteiger partial charge in [0.2, 0.25) is 0 Å². The molecule has 0 spiro atoms. The van der Waals surface area contributed by atoms with Crippen LogP contribution in [0.15, 0.2) is 0 Å². The van der Waals surface area contributed by atoms with Gasteiger partial charge in [0.1, 0.15) is 5.41 Å². The van der Waals surface area contributed by atoms with Gasteiger partial charge in [-0.25, -0.2) is 0 Å². The molecule has 0 unspecified atom stereocenters. The molecule has 0 aromatic carbocycles. The number of carbonyl (C=O) groups excluding carboxylic acids is 1. The fourth-order valence-electron chi connectivity index (χ4n) is 3.63. The normalized spacial score (nSPS) is 28.7. The SMILES string of the molecule is Cc1[nH]nc(C(=O)N2C[C@H]3CCN(C)C[C@@]3(C(=O)O)C2)c1Cl. The van der Waals surface area contributed by atoms with E-state index in [9.17, 15) is 14.7 Å². The van der Waals surface area contributed by atoms with E-state index in [1.165, 1.54) is 0 Å². The standard InChI is InChI=1S/C14H19ClN4O3/c1-8-10(15)11(17-16-8)12(20)19-5-9-3-4-18(2)6-14(9,7-19)13(21)22/h9H,3-7H2,1-2H3,(H,16,17)(H,21,22)/t9-,14-/m1/s1. The Hall–Kier alpha value is -1.60. The summed E-state index contributed by atoms with van der Waals surface area (Å²) in [5.74, 6) is -1.15. The first-order valence-corrected chi connectivity index (χ1v) is 7.64. The highest BCUT2D eigenvalue weighted by Gasteiger charge is 2.55. The van der Waals surface area contributed by atoms with Crippen molar-refractivity contribution in [3.05, 3.63) is 16.4 Å². The molecule has 22 heavy (non-hydrogen) atoms. The number of likely N-dealkylation sites (tertiary alicyclic amines) is 2. The number of aryl methyl sites for hydroxylation is 1. The Balaban J connectivity index is 1.87. The van der Waals surface area contributed by atoms with E-state index in [1.807, 2.05) is 11.9 Å². The van der Waals surface area contributed by atoms with Gasteiger partial charge in [0.25, 0.3) is 5.91 Å². The Bertz CT molecular complexity index is 632. The zero-order chi connectivity index (χ0) is 16.1. The van der Waals surface area contributed by atoms with Gasteiger partial charge < -0.3 is 14.9 Å². The molecule has 1 aromatic rings. The number of aromatic amines is 1. The molecule has 2 aliphatic heterocycles. The summed E-state index contributed by atoms with van der Waals surface area (Å²) >= 11 is 6.09. The number of amides is 1. The van der Waals surface area contributed by atoms with Crippen molar-refractivity contribution in [1.82, 2.24) is 20.0 Å². The maximum absolute atomic E-state index is 12.6. The molecule has 0 saturated carbocycles. The fourth-order valence-corrected chi connectivity index (χ4v) is 3.80. The summed E-state index contributed by atoms with van der Waals surface area (Å²) in [7, 11) is 1.92. The molecule has 7 nitrogen and oxygen atoms in total. The van der Waals surface area contributed by atoms with Gasteiger partial charge in [-0.2, -0.15) is 5.10 Å². The summed E-state index contributed by atoms with van der Waals surface area (Å²) in [4.78, 5) is 28.1. The van der Waals surface area contributed by atoms with Crippen molar-refractivity contribution in [1.29, 1.82) is 0 Å². The highest BCUT2D eigenvalue weighted by Crippen LogP contribution is 2.42. The van der Waals surface area contributed by atoms with E-state index in [1.54, 1.807) is 11.8 Å². The average Bonchev–Trinajstić information content (AvgIpc) is 3.00. The zero-order valence-corrected chi connectivity index (χ0v) is 13.4. The minimum Gasteiger partial charge on any atom is -0.481 e. The van der Waals surface area contributed by atoms with Gasteiger partial charge in [-0.1, -0.05) is 11.6 Å². The Morgan fingerprint density at radius 3 is 2.77 bits per heavy atom. The van der Waals surface area contributed by atoms with E-state index in [-0.39, 0.29) is 24.1 Å². The van der Waals surface area contributed by atoms with Crippen molar-refractivity contribution in [3.8, 4) is 0 Å². The van der Waals surface area contributed by atoms with Crippen LogP contribution in [0.1, 0.15) is 22.6 Å². The number of H-pyrrole nitrogens is 1. The quantitative estimate of drug-likeness (QED) is 0.841. The molecule has 0 bridgehead atoms. The van der Waals surface area contributed by atoms with Gasteiger partial charge in [0.05, 0.1) is 10.7 Å². The molecular formula is C14H19ClN4O3. The average molecular weight is 327 g/mol. The number of nitrogens with zero attached hydrogens (tertiary/aromatic N) is 3. The lowest BCUT2D eigenvalue weighted by Crippen LogP contribution is -2.52. The third-order valence-electron chi connectivity index (χ3n) is 4.89. The number of aliphatic carboxylic acids is 1. The van der Waals surface area contributed by atoms with Gasteiger partial charge in [-0.3, -0.25) is 14.7 Å². The summed E-state index contributed by atoms with van der Waals surface area (Å²) in [5.41, 5.74) is -0.0819. The van der Waals surface area contributed by atoms with Crippen molar-refractivity contribution in [3.63, 3.8) is 0 Å². The van der Waals surface area contributed by atoms with Crippen molar-refractivity contribution in [2.45, 2.75) is 13.3 Å². The zero-order valence-electron chi connectivity index (χ0n) is 12.6. The lowest BCUT2D eigenvalue weighted by Gasteiger charge is -2.39. The summed E-state index contributed by atoms with van der Waals surface area (Å²) in [6.45, 7) is 3.71. The summed E-state index contributed by atoms with van der Waals surface area (Å²) in [6, 6.07) is 0. The van der Waals surface area contributed by atoms with Crippen LogP contribution in [0.5, 0.6) is 0 Å². The summed E-state index contributed by atoms with van der Waals surface area (Å²) in [6.07, 6.45) is 0.778. The van der Waals surface area contributed by atoms with Gasteiger partial charge in [-0.15, -0.1) is 0 Å². The van der Waals surface area contributed by atoms with E-state index in [0.29, 0.717) is 23.8 Å². The summed E-state index contributed by atoms with van der Waals surface area (Å²) in [5, 5.41) is 16.7. The van der Waals surface area contributed by atoms with E-state index in [0.717, 1.165) is 13.0 Å². The van der Waals surface area contributed by atoms with Crippen LogP contribution >= 0.6 is 11.6 Å². The molecule has 2 N–H and O–H groups in total. The topological polar surface area (TPSA) is 89.5 Å². The third-order valence-corrected chi connectivity index (χ3v) is 5.36. The van der Waals surface area contributed by atoms with E-state index in [4.69, 9.17) is 11.6 Å². The van der Waals surface area contributed by atoms with Crippen molar-refractivity contribution in [2.24, 2.45) is 11.3 Å². The molecule has 1 aromatic heterocycles. The Morgan fingerprint density at radius 2 is 2.18 bits per heavy atom. The number of carboxylic acid groups (broad SMARTS) is 1. The minimum absolute atomic E-state index is 0.0241. The molecular weight excluding hydrogens is 308 g/mol. The predicted octanol–water partition coefficient (Wildman–Crippen LogP) is 0.850. The molecule has 3 rings (SSSR count). The Labute approximate surface area is 133 Å². The molecule has 2 atom stereocenters. The van der Waals surface area contributed by atoms with Gasteiger partial charge in [0, 0.05) is 19.6 Å². The minimum atomic E-state index is -0.888. The largest absolute Gasteiger partial charge is 0.481 e. The Kier molecular flexibility index (Phi) is 3.65. The fraction of sp³-hybridized carbons (Fsp3) is 0.643. The number of carbonyl (C=O) groups is 2. The van der Waals surface area contributed by atoms with Gasteiger partial charge in [0.15, 0.2) is 5.69 Å². The maximum Gasteiger partial charge on any atom is 0.313 e. The number of carboxylic acids is 1. The number of rotatable bonds is 2. The molecule has 2 aliphatic rings. The molecule has 3 heterocycles. The first-order chi connectivity index (χ1) is 10.3. The van der Waals surface area contributed by atoms with Crippen LogP contribution in [0, 0.1) is 18.3 Å². The highest BCUT2D eigenvalue weighted by molar-refractivity contribution is 6.34. The first-order valence-electron chi connectivity index (χ1n) is 7.27. The number of aromatic nitrogens is 2. The monoisotopic (exact) mass is 326 g/mol. The van der Waals surface area contributed by atoms with E-state index < -0.39 is 11.4 Å². The molecule has 0 radical (unpaired) electrons. The second-order valence-electron chi connectivity index (χ2n) is 6.38.